The SMILES string of the molecule is CC(Oc1cccnc1[N+](=O)[O-])C(=O)Nc1nc(-c2ccc(Cl)c(Cl)c2)cs1. The van der Waals surface area contributed by atoms with Crippen molar-refractivity contribution in [1.82, 2.24) is 9.97 Å². The Labute approximate surface area is 173 Å². The number of nitrogens with one attached hydrogen (secondary N) is 1. The summed E-state index contributed by atoms with van der Waals surface area (Å²) < 4.78 is 5.39. The van der Waals surface area contributed by atoms with Crippen LogP contribution in [0, 0.1) is 10.1 Å². The summed E-state index contributed by atoms with van der Waals surface area (Å²) in [5.74, 6) is -1.06. The van der Waals surface area contributed by atoms with E-state index in [0.29, 0.717) is 20.9 Å². The van der Waals surface area contributed by atoms with Crippen LogP contribution in [0.2, 0.25) is 10.0 Å². The molecule has 144 valence electrons. The second-order valence-corrected chi connectivity index (χ2v) is 7.17. The maximum atomic E-state index is 12.3. The lowest BCUT2D eigenvalue weighted by Gasteiger charge is -2.13. The van der Waals surface area contributed by atoms with E-state index >= 15 is 0 Å². The van der Waals surface area contributed by atoms with Crippen molar-refractivity contribution in [3.63, 3.8) is 0 Å². The minimum atomic E-state index is -1.000. The lowest BCUT2D eigenvalue weighted by molar-refractivity contribution is -0.390. The van der Waals surface area contributed by atoms with Crippen LogP contribution in [-0.4, -0.2) is 26.9 Å². The Kier molecular flexibility index (Phi) is 6.08. The van der Waals surface area contributed by atoms with Crippen molar-refractivity contribution < 1.29 is 14.5 Å². The molecule has 8 nitrogen and oxygen atoms in total. The molecular weight excluding hydrogens is 427 g/mol. The van der Waals surface area contributed by atoms with Gasteiger partial charge in [0.25, 0.3) is 5.91 Å². The van der Waals surface area contributed by atoms with Crippen molar-refractivity contribution in [3.8, 4) is 17.0 Å². The minimum Gasteiger partial charge on any atom is -0.473 e. The van der Waals surface area contributed by atoms with E-state index in [0.717, 1.165) is 5.56 Å². The van der Waals surface area contributed by atoms with Crippen LogP contribution in [0.5, 0.6) is 5.75 Å². The number of pyridine rings is 1. The summed E-state index contributed by atoms with van der Waals surface area (Å²) in [7, 11) is 0. The fourth-order valence-corrected chi connectivity index (χ4v) is 3.20. The molecule has 0 saturated carbocycles. The zero-order valence-electron chi connectivity index (χ0n) is 14.3. The predicted molar refractivity (Wildman–Crippen MR) is 107 cm³/mol. The largest absolute Gasteiger partial charge is 0.473 e. The molecular formula is C17H12Cl2N4O4S. The van der Waals surface area contributed by atoms with Crippen LogP contribution in [-0.2, 0) is 4.79 Å². The average molecular weight is 439 g/mol. The van der Waals surface area contributed by atoms with Crippen molar-refractivity contribution >= 4 is 51.4 Å². The normalized spacial score (nSPS) is 11.7. The van der Waals surface area contributed by atoms with Crippen LogP contribution in [0.15, 0.2) is 41.9 Å². The monoisotopic (exact) mass is 438 g/mol. The second-order valence-electron chi connectivity index (χ2n) is 5.50. The lowest BCUT2D eigenvalue weighted by Crippen LogP contribution is -2.30. The van der Waals surface area contributed by atoms with Crippen molar-refractivity contribution in [3.05, 3.63) is 62.1 Å². The zero-order chi connectivity index (χ0) is 20.3. The summed E-state index contributed by atoms with van der Waals surface area (Å²) in [6.07, 6.45) is 0.274. The summed E-state index contributed by atoms with van der Waals surface area (Å²) in [6, 6.07) is 7.96. The number of rotatable bonds is 6. The molecule has 0 fully saturated rings. The third-order valence-corrected chi connectivity index (χ3v) is 5.04. The summed E-state index contributed by atoms with van der Waals surface area (Å²) >= 11 is 13.1. The number of ether oxygens (including phenoxy) is 1. The summed E-state index contributed by atoms with van der Waals surface area (Å²) in [5, 5.41) is 16.5. The van der Waals surface area contributed by atoms with Crippen molar-refractivity contribution in [2.75, 3.05) is 5.32 Å². The first-order chi connectivity index (χ1) is 13.3. The van der Waals surface area contributed by atoms with Crippen LogP contribution in [0.25, 0.3) is 11.3 Å². The van der Waals surface area contributed by atoms with E-state index in [9.17, 15) is 14.9 Å². The number of anilines is 1. The molecule has 1 atom stereocenters. The number of thiazole rings is 1. The molecule has 0 aliphatic rings. The van der Waals surface area contributed by atoms with E-state index in [-0.39, 0.29) is 5.75 Å². The molecule has 11 heteroatoms. The summed E-state index contributed by atoms with van der Waals surface area (Å²) in [6.45, 7) is 1.47. The molecule has 28 heavy (non-hydrogen) atoms. The van der Waals surface area contributed by atoms with Gasteiger partial charge >= 0.3 is 5.82 Å². The van der Waals surface area contributed by atoms with Gasteiger partial charge in [-0.05, 0) is 41.1 Å². The standard InChI is InChI=1S/C17H12Cl2N4O4S/c1-9(27-14-3-2-6-20-15(14)23(25)26)16(24)22-17-21-13(8-28-17)10-4-5-11(18)12(19)7-10/h2-9H,1H3,(H,21,22,24). The minimum absolute atomic E-state index is 0.0919. The van der Waals surface area contributed by atoms with Gasteiger partial charge in [0.2, 0.25) is 5.75 Å². The summed E-state index contributed by atoms with van der Waals surface area (Å²) in [5.41, 5.74) is 1.37. The third-order valence-electron chi connectivity index (χ3n) is 3.55. The quantitative estimate of drug-likeness (QED) is 0.436. The van der Waals surface area contributed by atoms with Crippen LogP contribution < -0.4 is 10.1 Å². The Morgan fingerprint density at radius 2 is 2.11 bits per heavy atom. The number of hydrogen-bond acceptors (Lipinski definition) is 7. The Balaban J connectivity index is 1.69. The van der Waals surface area contributed by atoms with Gasteiger partial charge in [0.05, 0.1) is 15.7 Å². The first-order valence-corrected chi connectivity index (χ1v) is 9.46. The molecule has 2 heterocycles. The van der Waals surface area contributed by atoms with E-state index in [2.05, 4.69) is 15.3 Å². The van der Waals surface area contributed by atoms with E-state index in [1.807, 2.05) is 0 Å². The Bertz CT molecular complexity index is 1040. The molecule has 1 unspecified atom stereocenters. The van der Waals surface area contributed by atoms with Gasteiger partial charge in [-0.2, -0.15) is 0 Å². The van der Waals surface area contributed by atoms with Gasteiger partial charge in [0.15, 0.2) is 11.2 Å². The van der Waals surface area contributed by atoms with Gasteiger partial charge in [-0.3, -0.25) is 10.1 Å². The molecule has 1 N–H and O–H groups in total. The number of carbonyl (C=O) groups is 1. The highest BCUT2D eigenvalue weighted by Gasteiger charge is 2.22. The first kappa shape index (κ1) is 20.0. The van der Waals surface area contributed by atoms with Gasteiger partial charge < -0.3 is 14.9 Å². The molecule has 3 rings (SSSR count). The van der Waals surface area contributed by atoms with Gasteiger partial charge in [-0.1, -0.05) is 29.3 Å². The smallest absolute Gasteiger partial charge is 0.406 e. The average Bonchev–Trinajstić information content (AvgIpc) is 3.12. The maximum Gasteiger partial charge on any atom is 0.406 e. The Morgan fingerprint density at radius 1 is 1.32 bits per heavy atom. The van der Waals surface area contributed by atoms with Crippen molar-refractivity contribution in [1.29, 1.82) is 0 Å². The second kappa shape index (κ2) is 8.51. The molecule has 1 amide bonds. The Hall–Kier alpha value is -2.75. The van der Waals surface area contributed by atoms with Crippen LogP contribution in [0.4, 0.5) is 10.9 Å². The molecule has 0 saturated heterocycles. The van der Waals surface area contributed by atoms with Crippen LogP contribution in [0.3, 0.4) is 0 Å². The van der Waals surface area contributed by atoms with E-state index in [1.165, 1.54) is 36.6 Å². The molecule has 0 spiro atoms. The highest BCUT2D eigenvalue weighted by molar-refractivity contribution is 7.14. The fraction of sp³-hybridized carbons (Fsp3) is 0.118. The van der Waals surface area contributed by atoms with Gasteiger partial charge in [0, 0.05) is 10.9 Å². The number of hydrogen-bond donors (Lipinski definition) is 1. The number of nitro groups is 1. The highest BCUT2D eigenvalue weighted by Crippen LogP contribution is 2.30. The Morgan fingerprint density at radius 3 is 2.82 bits per heavy atom. The fourth-order valence-electron chi connectivity index (χ4n) is 2.18. The summed E-state index contributed by atoms with van der Waals surface area (Å²) in [4.78, 5) is 30.6. The molecule has 0 aliphatic carbocycles. The number of halogens is 2. The van der Waals surface area contributed by atoms with E-state index < -0.39 is 22.8 Å². The molecule has 0 bridgehead atoms. The number of amides is 1. The van der Waals surface area contributed by atoms with Crippen LogP contribution in [0.1, 0.15) is 6.92 Å². The number of aromatic nitrogens is 2. The molecule has 0 radical (unpaired) electrons. The molecule has 3 aromatic rings. The molecule has 2 aromatic heterocycles. The highest BCUT2D eigenvalue weighted by atomic mass is 35.5. The van der Waals surface area contributed by atoms with Crippen molar-refractivity contribution in [2.24, 2.45) is 0 Å². The topological polar surface area (TPSA) is 107 Å². The van der Waals surface area contributed by atoms with E-state index in [4.69, 9.17) is 27.9 Å². The van der Waals surface area contributed by atoms with Gasteiger partial charge in [0.1, 0.15) is 6.20 Å². The van der Waals surface area contributed by atoms with Crippen molar-refractivity contribution in [2.45, 2.75) is 13.0 Å². The lowest BCUT2D eigenvalue weighted by atomic mass is 10.2. The maximum absolute atomic E-state index is 12.3. The molecule has 0 aliphatic heterocycles. The predicted octanol–water partition coefficient (Wildman–Crippen LogP) is 4.83. The number of carbonyl (C=O) groups excluding carboxylic acids is 1. The van der Waals surface area contributed by atoms with Gasteiger partial charge in [-0.15, -0.1) is 11.3 Å². The van der Waals surface area contributed by atoms with E-state index in [1.54, 1.807) is 23.6 Å². The van der Waals surface area contributed by atoms with Gasteiger partial charge in [-0.25, -0.2) is 4.98 Å². The molecule has 1 aromatic carbocycles. The number of nitrogens with zero attached hydrogens (tertiary/aromatic N) is 3. The first-order valence-electron chi connectivity index (χ1n) is 7.83. The van der Waals surface area contributed by atoms with Crippen LogP contribution >= 0.6 is 34.5 Å². The third kappa shape index (κ3) is 4.56. The zero-order valence-corrected chi connectivity index (χ0v) is 16.6. The number of benzene rings is 1.